The molecule has 1 N–H and O–H groups in total. The van der Waals surface area contributed by atoms with Crippen molar-refractivity contribution in [2.45, 2.75) is 26.0 Å². The molecular weight excluding hydrogens is 489 g/mol. The quantitative estimate of drug-likeness (QED) is 0.192. The van der Waals surface area contributed by atoms with E-state index in [2.05, 4.69) is 0 Å². The lowest BCUT2D eigenvalue weighted by molar-refractivity contribution is -0.132. The van der Waals surface area contributed by atoms with Gasteiger partial charge in [-0.25, -0.2) is 4.79 Å². The fourth-order valence-corrected chi connectivity index (χ4v) is 4.21. The van der Waals surface area contributed by atoms with Crippen LogP contribution in [0.25, 0.3) is 5.76 Å². The molecule has 1 saturated heterocycles. The number of aliphatic hydroxyl groups is 1. The monoisotopic (exact) mass is 509 g/mol. The maximum Gasteiger partial charge on any atom is 0.338 e. The third kappa shape index (κ3) is 4.81. The SMILES string of the molecule is CC(C)OC(=O)c1cccc(N2C(=O)C(=O)/C(=C(/O)c3ccc(Cl)c(Cl)c3)C2c2ccccc2)c1. The highest BCUT2D eigenvalue weighted by Crippen LogP contribution is 2.42. The number of halogens is 2. The Bertz CT molecular complexity index is 1350. The Kier molecular flexibility index (Phi) is 6.96. The molecule has 1 fully saturated rings. The number of ether oxygens (including phenoxy) is 1. The molecule has 1 aliphatic heterocycles. The zero-order valence-corrected chi connectivity index (χ0v) is 20.4. The van der Waals surface area contributed by atoms with E-state index in [-0.39, 0.29) is 38.6 Å². The van der Waals surface area contributed by atoms with E-state index >= 15 is 0 Å². The summed E-state index contributed by atoms with van der Waals surface area (Å²) in [5, 5.41) is 11.6. The van der Waals surface area contributed by atoms with Gasteiger partial charge < -0.3 is 9.84 Å². The molecule has 6 nitrogen and oxygen atoms in total. The molecule has 0 spiro atoms. The van der Waals surface area contributed by atoms with Crippen LogP contribution in [0.3, 0.4) is 0 Å². The molecule has 0 saturated carbocycles. The van der Waals surface area contributed by atoms with Crippen molar-refractivity contribution in [1.29, 1.82) is 0 Å². The molecule has 0 aliphatic carbocycles. The van der Waals surface area contributed by atoms with E-state index in [1.165, 1.54) is 29.2 Å². The van der Waals surface area contributed by atoms with Gasteiger partial charge in [-0.15, -0.1) is 0 Å². The Labute approximate surface area is 212 Å². The fourth-order valence-electron chi connectivity index (χ4n) is 3.91. The maximum absolute atomic E-state index is 13.3. The first-order valence-electron chi connectivity index (χ1n) is 10.8. The molecule has 3 aromatic carbocycles. The number of aliphatic hydroxyl groups excluding tert-OH is 1. The molecule has 0 aromatic heterocycles. The predicted octanol–water partition coefficient (Wildman–Crippen LogP) is 6.18. The van der Waals surface area contributed by atoms with Gasteiger partial charge in [-0.05, 0) is 55.8 Å². The minimum absolute atomic E-state index is 0.102. The number of carbonyl (C=O) groups is 3. The second-order valence-corrected chi connectivity index (χ2v) is 9.03. The number of amides is 1. The molecule has 1 heterocycles. The van der Waals surface area contributed by atoms with Crippen LogP contribution in [0.2, 0.25) is 10.0 Å². The van der Waals surface area contributed by atoms with Gasteiger partial charge in [-0.1, -0.05) is 59.6 Å². The van der Waals surface area contributed by atoms with Crippen molar-refractivity contribution < 1.29 is 24.2 Å². The molecule has 1 unspecified atom stereocenters. The van der Waals surface area contributed by atoms with Crippen LogP contribution in [0.15, 0.2) is 78.4 Å². The number of ketones is 1. The van der Waals surface area contributed by atoms with Crippen molar-refractivity contribution in [3.05, 3.63) is 105 Å². The molecule has 1 amide bonds. The Morgan fingerprint density at radius 2 is 1.63 bits per heavy atom. The number of hydrogen-bond donors (Lipinski definition) is 1. The van der Waals surface area contributed by atoms with E-state index < -0.39 is 23.7 Å². The number of hydrogen-bond acceptors (Lipinski definition) is 5. The molecule has 4 rings (SSSR count). The van der Waals surface area contributed by atoms with E-state index in [0.29, 0.717) is 11.3 Å². The molecule has 0 bridgehead atoms. The molecule has 0 radical (unpaired) electrons. The molecular formula is C27H21Cl2NO5. The number of rotatable bonds is 5. The van der Waals surface area contributed by atoms with Gasteiger partial charge in [0.25, 0.3) is 11.7 Å². The highest BCUT2D eigenvalue weighted by molar-refractivity contribution is 6.51. The van der Waals surface area contributed by atoms with Crippen molar-refractivity contribution in [2.24, 2.45) is 0 Å². The minimum atomic E-state index is -0.943. The lowest BCUT2D eigenvalue weighted by Crippen LogP contribution is -2.29. The molecule has 35 heavy (non-hydrogen) atoms. The fraction of sp³-hybridized carbons (Fsp3) is 0.148. The van der Waals surface area contributed by atoms with Crippen LogP contribution in [0, 0.1) is 0 Å². The van der Waals surface area contributed by atoms with Crippen LogP contribution in [-0.2, 0) is 14.3 Å². The molecule has 1 aliphatic rings. The summed E-state index contributed by atoms with van der Waals surface area (Å²) in [4.78, 5) is 40.3. The van der Waals surface area contributed by atoms with Gasteiger partial charge in [0.1, 0.15) is 5.76 Å². The number of Topliss-reactive ketones (excluding diaryl/α,β-unsaturated/α-hetero) is 1. The summed E-state index contributed by atoms with van der Waals surface area (Å²) in [6.07, 6.45) is -0.323. The van der Waals surface area contributed by atoms with Gasteiger partial charge in [0.15, 0.2) is 0 Å². The summed E-state index contributed by atoms with van der Waals surface area (Å²) in [5.41, 5.74) is 1.28. The van der Waals surface area contributed by atoms with Gasteiger partial charge >= 0.3 is 5.97 Å². The third-order valence-corrected chi connectivity index (χ3v) is 6.19. The summed E-state index contributed by atoms with van der Waals surface area (Å²) in [6, 6.07) is 18.6. The Morgan fingerprint density at radius 3 is 2.29 bits per heavy atom. The van der Waals surface area contributed by atoms with E-state index in [0.717, 1.165) is 0 Å². The van der Waals surface area contributed by atoms with Gasteiger partial charge in [0.2, 0.25) is 0 Å². The van der Waals surface area contributed by atoms with Crippen LogP contribution in [0.5, 0.6) is 0 Å². The largest absolute Gasteiger partial charge is 0.507 e. The number of carbonyl (C=O) groups excluding carboxylic acids is 3. The van der Waals surface area contributed by atoms with E-state index in [1.807, 2.05) is 0 Å². The Morgan fingerprint density at radius 1 is 0.914 bits per heavy atom. The summed E-state index contributed by atoms with van der Waals surface area (Å²) < 4.78 is 5.27. The lowest BCUT2D eigenvalue weighted by Gasteiger charge is -2.25. The average Bonchev–Trinajstić information content (AvgIpc) is 3.11. The second kappa shape index (κ2) is 9.94. The normalized spacial score (nSPS) is 17.2. The number of esters is 1. The van der Waals surface area contributed by atoms with Crippen molar-refractivity contribution in [1.82, 2.24) is 0 Å². The number of nitrogens with zero attached hydrogens (tertiary/aromatic N) is 1. The number of benzene rings is 3. The van der Waals surface area contributed by atoms with E-state index in [4.69, 9.17) is 27.9 Å². The highest BCUT2D eigenvalue weighted by atomic mass is 35.5. The van der Waals surface area contributed by atoms with Crippen molar-refractivity contribution in [3.63, 3.8) is 0 Å². The Balaban J connectivity index is 1.89. The van der Waals surface area contributed by atoms with Gasteiger partial charge in [0.05, 0.1) is 33.3 Å². The van der Waals surface area contributed by atoms with E-state index in [9.17, 15) is 19.5 Å². The average molecular weight is 510 g/mol. The highest BCUT2D eigenvalue weighted by Gasteiger charge is 2.47. The first-order chi connectivity index (χ1) is 16.7. The second-order valence-electron chi connectivity index (χ2n) is 8.21. The van der Waals surface area contributed by atoms with Crippen molar-refractivity contribution >= 4 is 52.3 Å². The maximum atomic E-state index is 13.3. The van der Waals surface area contributed by atoms with Gasteiger partial charge in [-0.3, -0.25) is 14.5 Å². The molecule has 178 valence electrons. The topological polar surface area (TPSA) is 83.9 Å². The summed E-state index contributed by atoms with van der Waals surface area (Å²) in [7, 11) is 0. The predicted molar refractivity (Wildman–Crippen MR) is 135 cm³/mol. The summed E-state index contributed by atoms with van der Waals surface area (Å²) in [6.45, 7) is 3.47. The smallest absolute Gasteiger partial charge is 0.338 e. The first kappa shape index (κ1) is 24.5. The molecule has 1 atom stereocenters. The number of anilines is 1. The first-order valence-corrected chi connectivity index (χ1v) is 11.6. The lowest BCUT2D eigenvalue weighted by atomic mass is 9.95. The van der Waals surface area contributed by atoms with Crippen LogP contribution in [0.1, 0.15) is 41.4 Å². The molecule has 8 heteroatoms. The minimum Gasteiger partial charge on any atom is -0.507 e. The van der Waals surface area contributed by atoms with Crippen LogP contribution < -0.4 is 4.90 Å². The van der Waals surface area contributed by atoms with Gasteiger partial charge in [0, 0.05) is 11.3 Å². The summed E-state index contributed by atoms with van der Waals surface area (Å²) in [5.74, 6) is -2.63. The third-order valence-electron chi connectivity index (χ3n) is 5.46. The van der Waals surface area contributed by atoms with Gasteiger partial charge in [-0.2, -0.15) is 0 Å². The van der Waals surface area contributed by atoms with Crippen LogP contribution in [0.4, 0.5) is 5.69 Å². The van der Waals surface area contributed by atoms with Crippen molar-refractivity contribution in [3.8, 4) is 0 Å². The van der Waals surface area contributed by atoms with Crippen LogP contribution >= 0.6 is 23.2 Å². The zero-order chi connectivity index (χ0) is 25.3. The standard InChI is InChI=1S/C27H21Cl2NO5/c1-15(2)35-27(34)18-9-6-10-19(13-18)30-23(16-7-4-3-5-8-16)22(25(32)26(30)33)24(31)17-11-12-20(28)21(29)14-17/h3-15,23,31H,1-2H3/b24-22+. The summed E-state index contributed by atoms with van der Waals surface area (Å²) >= 11 is 12.1. The molecule has 3 aromatic rings. The van der Waals surface area contributed by atoms with E-state index in [1.54, 1.807) is 62.4 Å². The van der Waals surface area contributed by atoms with Crippen molar-refractivity contribution in [2.75, 3.05) is 4.90 Å². The van der Waals surface area contributed by atoms with Crippen LogP contribution in [-0.4, -0.2) is 28.9 Å². The zero-order valence-electron chi connectivity index (χ0n) is 18.9. The Hall–Kier alpha value is -3.61.